The molecule has 0 spiro atoms. The topological polar surface area (TPSA) is 117 Å². The number of carbonyl (C=O) groups excluding carboxylic acids is 2. The predicted octanol–water partition coefficient (Wildman–Crippen LogP) is 0.660. The average molecular weight is 373 g/mol. The van der Waals surface area contributed by atoms with Gasteiger partial charge in [0.15, 0.2) is 0 Å². The molecule has 0 fully saturated rings. The first-order chi connectivity index (χ1) is 12.8. The predicted molar refractivity (Wildman–Crippen MR) is 98.7 cm³/mol. The Labute approximate surface area is 157 Å². The molecule has 1 aromatic heterocycles. The minimum Gasteiger partial charge on any atom is -0.548 e. The molecule has 27 heavy (non-hydrogen) atoms. The summed E-state index contributed by atoms with van der Waals surface area (Å²) in [7, 11) is 0. The van der Waals surface area contributed by atoms with Crippen LogP contribution in [0.15, 0.2) is 29.1 Å². The van der Waals surface area contributed by atoms with E-state index in [4.69, 9.17) is 0 Å². The van der Waals surface area contributed by atoms with Crippen molar-refractivity contribution in [3.05, 3.63) is 34.6 Å². The highest BCUT2D eigenvalue weighted by atomic mass is 16.4. The number of benzene rings is 1. The van der Waals surface area contributed by atoms with E-state index in [1.54, 1.807) is 24.3 Å². The fourth-order valence-corrected chi connectivity index (χ4v) is 2.96. The Balaban J connectivity index is 2.44. The van der Waals surface area contributed by atoms with Crippen molar-refractivity contribution in [2.45, 2.75) is 52.6 Å². The Hall–Kier alpha value is -2.77. The normalized spacial score (nSPS) is 14.7. The summed E-state index contributed by atoms with van der Waals surface area (Å²) in [5, 5.41) is 22.2. The number of fused-ring (bicyclic) bond motifs is 1. The fraction of sp³-hybridized carbons (Fsp3) is 0.526. The number of carbonyl (C=O) groups is 2. The van der Waals surface area contributed by atoms with Crippen LogP contribution in [0, 0.1) is 11.8 Å². The third-order valence-electron chi connectivity index (χ3n) is 4.61. The zero-order valence-electron chi connectivity index (χ0n) is 16.0. The third-order valence-corrected chi connectivity index (χ3v) is 4.61. The molecule has 1 N–H and O–H groups in total. The average Bonchev–Trinajstić information content (AvgIpc) is 2.62. The van der Waals surface area contributed by atoms with Crippen LogP contribution in [0.5, 0.6) is 0 Å². The lowest BCUT2D eigenvalue weighted by Crippen LogP contribution is -2.52. The number of hydrogen-bond acceptors (Lipinski definition) is 6. The van der Waals surface area contributed by atoms with Gasteiger partial charge in [0.2, 0.25) is 5.91 Å². The van der Waals surface area contributed by atoms with Crippen LogP contribution in [0.4, 0.5) is 0 Å². The number of nitrogens with one attached hydrogen (secondary N) is 1. The first kappa shape index (κ1) is 20.5. The zero-order valence-corrected chi connectivity index (χ0v) is 16.0. The number of aliphatic carboxylic acids is 1. The van der Waals surface area contributed by atoms with Gasteiger partial charge in [-0.1, -0.05) is 51.5 Å². The lowest BCUT2D eigenvalue weighted by atomic mass is 9.97. The van der Waals surface area contributed by atoms with Crippen LogP contribution in [-0.2, 0) is 9.59 Å². The van der Waals surface area contributed by atoms with Gasteiger partial charge in [-0.2, -0.15) is 4.68 Å². The summed E-state index contributed by atoms with van der Waals surface area (Å²) in [6.45, 7) is 7.40. The smallest absolute Gasteiger partial charge is 0.278 e. The van der Waals surface area contributed by atoms with E-state index in [1.165, 1.54) is 0 Å². The summed E-state index contributed by atoms with van der Waals surface area (Å²) < 4.78 is 1.05. The number of carboxylic acid groups (broad SMARTS) is 1. The van der Waals surface area contributed by atoms with Crippen LogP contribution in [0.2, 0.25) is 0 Å². The van der Waals surface area contributed by atoms with Crippen LogP contribution in [0.1, 0.15) is 46.6 Å². The summed E-state index contributed by atoms with van der Waals surface area (Å²) in [5.41, 5.74) is 0.00406. The molecule has 8 nitrogen and oxygen atoms in total. The van der Waals surface area contributed by atoms with E-state index in [1.807, 2.05) is 27.7 Å². The Bertz CT molecular complexity index is 877. The van der Waals surface area contributed by atoms with Crippen molar-refractivity contribution < 1.29 is 14.7 Å². The molecule has 1 heterocycles. The molecule has 2 aromatic rings. The van der Waals surface area contributed by atoms with E-state index in [-0.39, 0.29) is 18.3 Å². The second-order valence-electron chi connectivity index (χ2n) is 7.20. The fourth-order valence-electron chi connectivity index (χ4n) is 2.96. The van der Waals surface area contributed by atoms with Crippen molar-refractivity contribution in [1.82, 2.24) is 20.3 Å². The summed E-state index contributed by atoms with van der Waals surface area (Å²) in [4.78, 5) is 37.1. The van der Waals surface area contributed by atoms with Gasteiger partial charge in [-0.15, -0.1) is 5.10 Å². The van der Waals surface area contributed by atoms with E-state index in [9.17, 15) is 19.5 Å². The van der Waals surface area contributed by atoms with E-state index < -0.39 is 29.5 Å². The van der Waals surface area contributed by atoms with Gasteiger partial charge in [-0.25, -0.2) is 0 Å². The lowest BCUT2D eigenvalue weighted by Gasteiger charge is -2.27. The number of nitrogens with zero attached hydrogens (tertiary/aromatic N) is 3. The second kappa shape index (κ2) is 8.75. The van der Waals surface area contributed by atoms with E-state index in [0.717, 1.165) is 4.68 Å². The zero-order chi connectivity index (χ0) is 20.1. The van der Waals surface area contributed by atoms with Crippen molar-refractivity contribution >= 4 is 22.8 Å². The molecular weight excluding hydrogens is 348 g/mol. The molecule has 0 bridgehead atoms. The molecular formula is C19H25N4O4-. The number of rotatable bonds is 8. The summed E-state index contributed by atoms with van der Waals surface area (Å²) in [6.07, 6.45) is 0.832. The summed E-state index contributed by atoms with van der Waals surface area (Å²) in [5.74, 6) is -2.12. The monoisotopic (exact) mass is 373 g/mol. The highest BCUT2D eigenvalue weighted by Gasteiger charge is 2.30. The van der Waals surface area contributed by atoms with E-state index in [2.05, 4.69) is 15.6 Å². The SMILES string of the molecule is CC[C@H](C)[C@@H](C(=O)N[C@@H](CC(C)C)C(=O)[O-])n1nnc2ccccc2c1=O. The van der Waals surface area contributed by atoms with Crippen molar-refractivity contribution in [1.29, 1.82) is 0 Å². The minimum absolute atomic E-state index is 0.0541. The molecule has 0 saturated heterocycles. The summed E-state index contributed by atoms with van der Waals surface area (Å²) >= 11 is 0. The number of hydrogen-bond donors (Lipinski definition) is 1. The molecule has 1 amide bonds. The Morgan fingerprint density at radius 1 is 1.22 bits per heavy atom. The number of carboxylic acids is 1. The van der Waals surface area contributed by atoms with E-state index >= 15 is 0 Å². The maximum absolute atomic E-state index is 12.9. The first-order valence-electron chi connectivity index (χ1n) is 9.11. The minimum atomic E-state index is -1.35. The maximum atomic E-state index is 12.9. The third kappa shape index (κ3) is 4.69. The van der Waals surface area contributed by atoms with Gasteiger partial charge in [0, 0.05) is 0 Å². The van der Waals surface area contributed by atoms with Gasteiger partial charge in [0.05, 0.1) is 17.4 Å². The van der Waals surface area contributed by atoms with Crippen molar-refractivity contribution in [3.63, 3.8) is 0 Å². The van der Waals surface area contributed by atoms with Crippen molar-refractivity contribution in [2.75, 3.05) is 0 Å². The Morgan fingerprint density at radius 2 is 1.89 bits per heavy atom. The Kier molecular flexibility index (Phi) is 6.65. The number of aromatic nitrogens is 3. The molecule has 0 aliphatic rings. The van der Waals surface area contributed by atoms with Crippen molar-refractivity contribution in [3.8, 4) is 0 Å². The van der Waals surface area contributed by atoms with Gasteiger partial charge in [0.25, 0.3) is 5.56 Å². The molecule has 146 valence electrons. The summed E-state index contributed by atoms with van der Waals surface area (Å²) in [6, 6.07) is 4.65. The van der Waals surface area contributed by atoms with Crippen LogP contribution in [0.25, 0.3) is 10.9 Å². The molecule has 1 aromatic carbocycles. The largest absolute Gasteiger partial charge is 0.548 e. The van der Waals surface area contributed by atoms with Gasteiger partial charge < -0.3 is 15.2 Å². The molecule has 0 aliphatic carbocycles. The highest BCUT2D eigenvalue weighted by molar-refractivity contribution is 5.86. The number of amides is 1. The first-order valence-corrected chi connectivity index (χ1v) is 9.11. The van der Waals surface area contributed by atoms with Crippen molar-refractivity contribution in [2.24, 2.45) is 11.8 Å². The van der Waals surface area contributed by atoms with Crippen LogP contribution >= 0.6 is 0 Å². The molecule has 8 heteroatoms. The second-order valence-corrected chi connectivity index (χ2v) is 7.20. The van der Waals surface area contributed by atoms with Gasteiger partial charge in [-0.3, -0.25) is 9.59 Å². The van der Waals surface area contributed by atoms with Crippen LogP contribution in [0.3, 0.4) is 0 Å². The van der Waals surface area contributed by atoms with Gasteiger partial charge in [0.1, 0.15) is 11.6 Å². The molecule has 3 atom stereocenters. The standard InChI is InChI=1S/C19H26N4O4/c1-5-12(4)16(17(24)20-15(19(26)27)10-11(2)3)23-18(25)13-8-6-7-9-14(13)21-22-23/h6-9,11-12,15-16H,5,10H2,1-4H3,(H,20,24)(H,26,27)/p-1/t12-,15-,16-/m0/s1. The molecule has 0 radical (unpaired) electrons. The molecule has 2 rings (SSSR count). The molecule has 0 saturated carbocycles. The van der Waals surface area contributed by atoms with Crippen LogP contribution < -0.4 is 16.0 Å². The molecule has 0 unspecified atom stereocenters. The van der Waals surface area contributed by atoms with E-state index in [0.29, 0.717) is 17.3 Å². The molecule has 0 aliphatic heterocycles. The lowest BCUT2D eigenvalue weighted by molar-refractivity contribution is -0.308. The van der Waals surface area contributed by atoms with Gasteiger partial charge >= 0.3 is 0 Å². The Morgan fingerprint density at radius 3 is 2.48 bits per heavy atom. The van der Waals surface area contributed by atoms with Gasteiger partial charge in [-0.05, 0) is 30.4 Å². The quantitative estimate of drug-likeness (QED) is 0.726. The highest BCUT2D eigenvalue weighted by Crippen LogP contribution is 2.20. The maximum Gasteiger partial charge on any atom is 0.278 e. The van der Waals surface area contributed by atoms with Crippen LogP contribution in [-0.4, -0.2) is 32.9 Å².